The molecule has 1 saturated carbocycles. The number of methoxy groups -OCH3 is 3. The normalized spacial score (nSPS) is 20.5. The molecule has 2 aliphatic rings. The van der Waals surface area contributed by atoms with Crippen LogP contribution in [-0.2, 0) is 14.4 Å². The fourth-order valence-electron chi connectivity index (χ4n) is 5.39. The van der Waals surface area contributed by atoms with Gasteiger partial charge in [0.25, 0.3) is 0 Å². The molecule has 3 N–H and O–H groups in total. The van der Waals surface area contributed by atoms with Crippen LogP contribution >= 0.6 is 0 Å². The van der Waals surface area contributed by atoms with Gasteiger partial charge in [0.05, 0.1) is 27.2 Å². The molecule has 1 saturated heterocycles. The molecule has 9 nitrogen and oxygen atoms in total. The molecule has 1 aliphatic heterocycles. The van der Waals surface area contributed by atoms with E-state index in [0.29, 0.717) is 30.2 Å². The van der Waals surface area contributed by atoms with E-state index in [1.807, 2.05) is 12.1 Å². The van der Waals surface area contributed by atoms with Crippen LogP contribution in [0.4, 0.5) is 0 Å². The van der Waals surface area contributed by atoms with Crippen LogP contribution in [0, 0.1) is 5.92 Å². The Balaban J connectivity index is 2.00. The molecule has 35 heavy (non-hydrogen) atoms. The van der Waals surface area contributed by atoms with E-state index < -0.39 is 23.9 Å². The van der Waals surface area contributed by atoms with Crippen molar-refractivity contribution in [2.24, 2.45) is 11.7 Å². The molecule has 1 aliphatic carbocycles. The maximum Gasteiger partial charge on any atom is 0.243 e. The Hall–Kier alpha value is -2.97. The highest BCUT2D eigenvalue weighted by Crippen LogP contribution is 2.45. The van der Waals surface area contributed by atoms with Crippen LogP contribution in [0.2, 0.25) is 0 Å². The van der Waals surface area contributed by atoms with Crippen molar-refractivity contribution in [3.05, 3.63) is 17.7 Å². The molecule has 194 valence electrons. The number of hydrogen-bond acceptors (Lipinski definition) is 6. The van der Waals surface area contributed by atoms with E-state index in [-0.39, 0.29) is 17.7 Å². The number of ether oxygens (including phenoxy) is 3. The fraction of sp³-hybridized carbons (Fsp3) is 0.654. The van der Waals surface area contributed by atoms with Crippen molar-refractivity contribution >= 4 is 17.7 Å². The maximum absolute atomic E-state index is 14.2. The minimum absolute atomic E-state index is 0.0715. The number of benzene rings is 1. The number of rotatable bonds is 9. The molecule has 3 atom stereocenters. The van der Waals surface area contributed by atoms with E-state index in [9.17, 15) is 14.4 Å². The Labute approximate surface area is 207 Å². The second-order valence-corrected chi connectivity index (χ2v) is 9.51. The van der Waals surface area contributed by atoms with E-state index in [2.05, 4.69) is 5.32 Å². The minimum atomic E-state index is -0.800. The van der Waals surface area contributed by atoms with Crippen LogP contribution in [0.25, 0.3) is 0 Å². The number of hydrogen-bond donors (Lipinski definition) is 2. The Morgan fingerprint density at radius 1 is 0.943 bits per heavy atom. The van der Waals surface area contributed by atoms with Gasteiger partial charge in [-0.05, 0) is 62.6 Å². The molecule has 3 amide bonds. The summed E-state index contributed by atoms with van der Waals surface area (Å²) in [6.07, 6.45) is 7.39. The Kier molecular flexibility index (Phi) is 9.23. The lowest BCUT2D eigenvalue weighted by atomic mass is 9.75. The quantitative estimate of drug-likeness (QED) is 0.550. The first-order valence-corrected chi connectivity index (χ1v) is 12.5. The van der Waals surface area contributed by atoms with E-state index in [1.54, 1.807) is 33.2 Å². The lowest BCUT2D eigenvalue weighted by Crippen LogP contribution is -2.56. The van der Waals surface area contributed by atoms with Gasteiger partial charge in [-0.3, -0.25) is 14.4 Å². The van der Waals surface area contributed by atoms with Gasteiger partial charge >= 0.3 is 0 Å². The summed E-state index contributed by atoms with van der Waals surface area (Å²) in [6, 6.07) is 2.27. The minimum Gasteiger partial charge on any atom is -0.493 e. The third kappa shape index (κ3) is 6.00. The predicted octanol–water partition coefficient (Wildman–Crippen LogP) is 2.75. The molecule has 1 aromatic carbocycles. The number of nitrogens with one attached hydrogen (secondary N) is 1. The first-order chi connectivity index (χ1) is 16.8. The standard InChI is InChI=1S/C26H39N3O6/c1-16(24(27)30)28-25(31)19-12-8-9-13-29(19)26(32)22(17-10-6-5-7-11-17)18-14-20(33-2)23(35-4)21(15-18)34-3/h14-17,19,22H,5-13H2,1-4H3,(H2,27,30)(H,28,31)/t16-,19-,22-/m0/s1. The largest absolute Gasteiger partial charge is 0.493 e. The first-order valence-electron chi connectivity index (χ1n) is 12.5. The van der Waals surface area contributed by atoms with Crippen molar-refractivity contribution in [1.82, 2.24) is 10.2 Å². The zero-order chi connectivity index (χ0) is 25.5. The van der Waals surface area contributed by atoms with E-state index in [0.717, 1.165) is 50.5 Å². The summed E-state index contributed by atoms with van der Waals surface area (Å²) in [4.78, 5) is 40.5. The SMILES string of the molecule is COc1cc([C@@H](C(=O)N2CCCC[C@H]2C(=O)N[C@@H](C)C(N)=O)C2CCCCC2)cc(OC)c1OC. The maximum atomic E-state index is 14.2. The molecule has 1 heterocycles. The zero-order valence-corrected chi connectivity index (χ0v) is 21.3. The molecule has 2 fully saturated rings. The highest BCUT2D eigenvalue weighted by atomic mass is 16.5. The van der Waals surface area contributed by atoms with Gasteiger partial charge in [-0.2, -0.15) is 0 Å². The number of likely N-dealkylation sites (tertiary alicyclic amines) is 1. The highest BCUT2D eigenvalue weighted by Gasteiger charge is 2.40. The van der Waals surface area contributed by atoms with E-state index in [1.165, 1.54) is 0 Å². The molecule has 0 spiro atoms. The zero-order valence-electron chi connectivity index (χ0n) is 21.3. The van der Waals surface area contributed by atoms with Gasteiger partial charge in [0.2, 0.25) is 23.5 Å². The summed E-state index contributed by atoms with van der Waals surface area (Å²) >= 11 is 0. The number of carbonyl (C=O) groups is 3. The Morgan fingerprint density at radius 2 is 1.54 bits per heavy atom. The van der Waals surface area contributed by atoms with Gasteiger partial charge in [-0.25, -0.2) is 0 Å². The molecule has 1 aromatic rings. The van der Waals surface area contributed by atoms with E-state index in [4.69, 9.17) is 19.9 Å². The topological polar surface area (TPSA) is 120 Å². The average molecular weight is 490 g/mol. The lowest BCUT2D eigenvalue weighted by Gasteiger charge is -2.40. The van der Waals surface area contributed by atoms with Crippen LogP contribution in [-0.4, -0.2) is 62.6 Å². The van der Waals surface area contributed by atoms with Crippen LogP contribution in [0.15, 0.2) is 12.1 Å². The third-order valence-corrected chi connectivity index (χ3v) is 7.31. The smallest absolute Gasteiger partial charge is 0.243 e. The first kappa shape index (κ1) is 26.6. The van der Waals surface area contributed by atoms with Gasteiger partial charge in [0.15, 0.2) is 11.5 Å². The Morgan fingerprint density at radius 3 is 2.09 bits per heavy atom. The number of piperidine rings is 1. The average Bonchev–Trinajstić information content (AvgIpc) is 2.88. The summed E-state index contributed by atoms with van der Waals surface area (Å²) in [7, 11) is 4.67. The van der Waals surface area contributed by atoms with Crippen molar-refractivity contribution in [2.75, 3.05) is 27.9 Å². The second-order valence-electron chi connectivity index (χ2n) is 9.51. The monoisotopic (exact) mass is 489 g/mol. The number of carbonyl (C=O) groups excluding carboxylic acids is 3. The number of nitrogens with zero attached hydrogens (tertiary/aromatic N) is 1. The van der Waals surface area contributed by atoms with Gasteiger partial charge in [0.1, 0.15) is 12.1 Å². The van der Waals surface area contributed by atoms with Crippen molar-refractivity contribution in [2.45, 2.75) is 76.3 Å². The molecular formula is C26H39N3O6. The summed E-state index contributed by atoms with van der Waals surface area (Å²) in [5.41, 5.74) is 6.14. The van der Waals surface area contributed by atoms with Crippen LogP contribution in [0.5, 0.6) is 17.2 Å². The summed E-state index contributed by atoms with van der Waals surface area (Å²) in [5.74, 6) is 0.167. The van der Waals surface area contributed by atoms with E-state index >= 15 is 0 Å². The fourth-order valence-corrected chi connectivity index (χ4v) is 5.39. The molecule has 3 rings (SSSR count). The van der Waals surface area contributed by atoms with Crippen LogP contribution < -0.4 is 25.3 Å². The van der Waals surface area contributed by atoms with Gasteiger partial charge < -0.3 is 30.2 Å². The molecule has 9 heteroatoms. The third-order valence-electron chi connectivity index (χ3n) is 7.31. The number of amides is 3. The lowest BCUT2D eigenvalue weighted by molar-refractivity contribution is -0.145. The van der Waals surface area contributed by atoms with Crippen LogP contribution in [0.3, 0.4) is 0 Å². The molecule has 0 radical (unpaired) electrons. The number of nitrogens with two attached hydrogens (primary N) is 1. The molecule has 0 aromatic heterocycles. The molecule has 0 unspecified atom stereocenters. The van der Waals surface area contributed by atoms with Crippen LogP contribution in [0.1, 0.15) is 69.8 Å². The number of primary amides is 1. The molecule has 0 bridgehead atoms. The van der Waals surface area contributed by atoms with Gasteiger partial charge in [-0.1, -0.05) is 19.3 Å². The Bertz CT molecular complexity index is 889. The predicted molar refractivity (Wildman–Crippen MR) is 132 cm³/mol. The molecular weight excluding hydrogens is 450 g/mol. The summed E-state index contributed by atoms with van der Waals surface area (Å²) in [5, 5.41) is 2.68. The van der Waals surface area contributed by atoms with Crippen molar-refractivity contribution in [3.63, 3.8) is 0 Å². The highest BCUT2D eigenvalue weighted by molar-refractivity contribution is 5.93. The summed E-state index contributed by atoms with van der Waals surface area (Å²) in [6.45, 7) is 2.05. The van der Waals surface area contributed by atoms with Crippen molar-refractivity contribution in [3.8, 4) is 17.2 Å². The van der Waals surface area contributed by atoms with Crippen molar-refractivity contribution < 1.29 is 28.6 Å². The summed E-state index contributed by atoms with van der Waals surface area (Å²) < 4.78 is 16.6. The van der Waals surface area contributed by atoms with Gasteiger partial charge in [-0.15, -0.1) is 0 Å². The van der Waals surface area contributed by atoms with Gasteiger partial charge in [0, 0.05) is 6.54 Å². The second kappa shape index (κ2) is 12.1. The van der Waals surface area contributed by atoms with Crippen molar-refractivity contribution in [1.29, 1.82) is 0 Å².